The van der Waals surface area contributed by atoms with Gasteiger partial charge in [-0.3, -0.25) is 0 Å². The van der Waals surface area contributed by atoms with Crippen LogP contribution in [0.25, 0.3) is 0 Å². The second-order valence-corrected chi connectivity index (χ2v) is 3.57. The van der Waals surface area contributed by atoms with Crippen molar-refractivity contribution in [2.45, 2.75) is 39.0 Å². The highest BCUT2D eigenvalue weighted by atomic mass is 14.0. The molecule has 74 valence electrons. The fraction of sp³-hybridized carbons (Fsp3) is 0.538. The first-order valence-electron chi connectivity index (χ1n) is 5.19. The highest BCUT2D eigenvalue weighted by Gasteiger charge is 1.98. The van der Waals surface area contributed by atoms with Crippen LogP contribution in [0.4, 0.5) is 0 Å². The van der Waals surface area contributed by atoms with Crippen molar-refractivity contribution in [1.29, 1.82) is 0 Å². The smallest absolute Gasteiger partial charge is 0.0345 e. The topological polar surface area (TPSA) is 0 Å². The summed E-state index contributed by atoms with van der Waals surface area (Å²) in [6.45, 7) is 9.69. The summed E-state index contributed by atoms with van der Waals surface area (Å²) in [7, 11) is 0. The van der Waals surface area contributed by atoms with Crippen LogP contribution in [0.3, 0.4) is 0 Å². The lowest BCUT2D eigenvalue weighted by molar-refractivity contribution is 0.481. The Morgan fingerprint density at radius 1 is 1.15 bits per heavy atom. The summed E-state index contributed by atoms with van der Waals surface area (Å²) >= 11 is 0. The molecule has 0 amide bonds. The Bertz CT molecular complexity index is 153. The molecule has 0 rings (SSSR count). The van der Waals surface area contributed by atoms with Gasteiger partial charge in [0.25, 0.3) is 0 Å². The summed E-state index contributed by atoms with van der Waals surface area (Å²) in [6.07, 6.45) is 14.3. The van der Waals surface area contributed by atoms with E-state index < -0.39 is 0 Å². The van der Waals surface area contributed by atoms with Gasteiger partial charge in [-0.1, -0.05) is 44.2 Å². The van der Waals surface area contributed by atoms with Gasteiger partial charge in [0.2, 0.25) is 0 Å². The first kappa shape index (κ1) is 12.2. The standard InChI is InChI=1S/C13H22/c1-4-6-8-10-12-13(3)11-9-7-5-2/h4-6,8,13H,1-2,7,9-12H2,3H3/b8-6-. The zero-order chi connectivity index (χ0) is 9.94. The molecular weight excluding hydrogens is 156 g/mol. The third-order valence-electron chi connectivity index (χ3n) is 2.20. The second-order valence-electron chi connectivity index (χ2n) is 3.57. The third kappa shape index (κ3) is 9.13. The van der Waals surface area contributed by atoms with Crippen LogP contribution >= 0.6 is 0 Å². The molecule has 0 bridgehead atoms. The Kier molecular flexibility index (Phi) is 8.75. The maximum atomic E-state index is 3.72. The lowest BCUT2D eigenvalue weighted by Crippen LogP contribution is -1.93. The van der Waals surface area contributed by atoms with E-state index >= 15 is 0 Å². The van der Waals surface area contributed by atoms with Crippen LogP contribution < -0.4 is 0 Å². The molecule has 0 heteroatoms. The number of allylic oxidation sites excluding steroid dienone is 4. The van der Waals surface area contributed by atoms with Crippen molar-refractivity contribution in [1.82, 2.24) is 0 Å². The molecule has 0 aliphatic rings. The van der Waals surface area contributed by atoms with Crippen molar-refractivity contribution in [3.8, 4) is 0 Å². The molecule has 0 heterocycles. The van der Waals surface area contributed by atoms with Crippen molar-refractivity contribution < 1.29 is 0 Å². The van der Waals surface area contributed by atoms with Crippen molar-refractivity contribution in [2.75, 3.05) is 0 Å². The van der Waals surface area contributed by atoms with Gasteiger partial charge in [0.1, 0.15) is 0 Å². The molecule has 0 nitrogen and oxygen atoms in total. The van der Waals surface area contributed by atoms with Crippen LogP contribution in [0, 0.1) is 5.92 Å². The Morgan fingerprint density at radius 2 is 1.92 bits per heavy atom. The minimum Gasteiger partial charge on any atom is -0.103 e. The molecular formula is C13H22. The summed E-state index contributed by atoms with van der Waals surface area (Å²) in [4.78, 5) is 0. The van der Waals surface area contributed by atoms with Gasteiger partial charge in [-0.15, -0.1) is 6.58 Å². The van der Waals surface area contributed by atoms with Crippen LogP contribution in [0.1, 0.15) is 39.0 Å². The number of rotatable bonds is 8. The largest absolute Gasteiger partial charge is 0.103 e. The molecule has 0 fully saturated rings. The predicted octanol–water partition coefficient (Wildman–Crippen LogP) is 4.50. The molecule has 0 aromatic heterocycles. The molecule has 0 aromatic carbocycles. The van der Waals surface area contributed by atoms with Gasteiger partial charge in [0.15, 0.2) is 0 Å². The van der Waals surface area contributed by atoms with Gasteiger partial charge < -0.3 is 0 Å². The van der Waals surface area contributed by atoms with Gasteiger partial charge in [-0.2, -0.15) is 0 Å². The third-order valence-corrected chi connectivity index (χ3v) is 2.20. The Morgan fingerprint density at radius 3 is 2.54 bits per heavy atom. The first-order chi connectivity index (χ1) is 6.31. The van der Waals surface area contributed by atoms with E-state index in [-0.39, 0.29) is 0 Å². The maximum absolute atomic E-state index is 3.72. The van der Waals surface area contributed by atoms with E-state index in [4.69, 9.17) is 0 Å². The molecule has 0 saturated heterocycles. The van der Waals surface area contributed by atoms with E-state index in [2.05, 4.69) is 26.2 Å². The fourth-order valence-electron chi connectivity index (χ4n) is 1.33. The number of hydrogen-bond donors (Lipinski definition) is 0. The fourth-order valence-corrected chi connectivity index (χ4v) is 1.33. The lowest BCUT2D eigenvalue weighted by Gasteiger charge is -2.07. The van der Waals surface area contributed by atoms with E-state index in [1.807, 2.05) is 18.2 Å². The van der Waals surface area contributed by atoms with Crippen LogP contribution in [0.5, 0.6) is 0 Å². The second kappa shape index (κ2) is 9.31. The molecule has 0 aromatic rings. The van der Waals surface area contributed by atoms with Crippen LogP contribution in [-0.4, -0.2) is 0 Å². The summed E-state index contributed by atoms with van der Waals surface area (Å²) in [6, 6.07) is 0. The van der Waals surface area contributed by atoms with Gasteiger partial charge in [0, 0.05) is 0 Å². The summed E-state index contributed by atoms with van der Waals surface area (Å²) < 4.78 is 0. The molecule has 0 aliphatic heterocycles. The Labute approximate surface area is 83.0 Å². The normalized spacial score (nSPS) is 13.0. The summed E-state index contributed by atoms with van der Waals surface area (Å²) in [5.74, 6) is 0.842. The summed E-state index contributed by atoms with van der Waals surface area (Å²) in [5, 5.41) is 0. The minimum absolute atomic E-state index is 0.842. The van der Waals surface area contributed by atoms with Crippen molar-refractivity contribution in [3.05, 3.63) is 37.5 Å². The van der Waals surface area contributed by atoms with Crippen LogP contribution in [0.15, 0.2) is 37.5 Å². The molecule has 0 radical (unpaired) electrons. The Balaban J connectivity index is 3.28. The average molecular weight is 178 g/mol. The average Bonchev–Trinajstić information content (AvgIpc) is 2.13. The molecule has 1 unspecified atom stereocenters. The van der Waals surface area contributed by atoms with Crippen molar-refractivity contribution >= 4 is 0 Å². The summed E-state index contributed by atoms with van der Waals surface area (Å²) in [5.41, 5.74) is 0. The predicted molar refractivity (Wildman–Crippen MR) is 61.8 cm³/mol. The van der Waals surface area contributed by atoms with Gasteiger partial charge in [-0.05, 0) is 31.6 Å². The molecule has 1 atom stereocenters. The van der Waals surface area contributed by atoms with Gasteiger partial charge in [-0.25, -0.2) is 0 Å². The molecule has 0 aliphatic carbocycles. The van der Waals surface area contributed by atoms with Crippen LogP contribution in [-0.2, 0) is 0 Å². The molecule has 0 spiro atoms. The zero-order valence-electron chi connectivity index (χ0n) is 8.84. The van der Waals surface area contributed by atoms with Crippen molar-refractivity contribution in [2.24, 2.45) is 5.92 Å². The zero-order valence-corrected chi connectivity index (χ0v) is 8.84. The molecule has 13 heavy (non-hydrogen) atoms. The van der Waals surface area contributed by atoms with Gasteiger partial charge >= 0.3 is 0 Å². The van der Waals surface area contributed by atoms with Crippen LogP contribution in [0.2, 0.25) is 0 Å². The number of unbranched alkanes of at least 4 members (excludes halogenated alkanes) is 1. The highest BCUT2D eigenvalue weighted by Crippen LogP contribution is 2.14. The van der Waals surface area contributed by atoms with E-state index in [9.17, 15) is 0 Å². The first-order valence-corrected chi connectivity index (χ1v) is 5.19. The van der Waals surface area contributed by atoms with E-state index in [0.29, 0.717) is 0 Å². The lowest BCUT2D eigenvalue weighted by atomic mass is 9.99. The maximum Gasteiger partial charge on any atom is -0.0345 e. The number of hydrogen-bond acceptors (Lipinski definition) is 0. The minimum atomic E-state index is 0.842. The van der Waals surface area contributed by atoms with Gasteiger partial charge in [0.05, 0.1) is 0 Å². The van der Waals surface area contributed by atoms with E-state index in [1.165, 1.54) is 25.7 Å². The van der Waals surface area contributed by atoms with Crippen molar-refractivity contribution in [3.63, 3.8) is 0 Å². The quantitative estimate of drug-likeness (QED) is 0.291. The highest BCUT2D eigenvalue weighted by molar-refractivity contribution is 4.96. The van der Waals surface area contributed by atoms with E-state index in [1.54, 1.807) is 0 Å². The SMILES string of the molecule is C=C/C=C\CCC(C)CCCC=C. The Hall–Kier alpha value is -0.780. The molecule has 0 saturated carbocycles. The van der Waals surface area contributed by atoms with E-state index in [0.717, 1.165) is 12.3 Å². The molecule has 0 N–H and O–H groups in total. The monoisotopic (exact) mass is 178 g/mol.